The van der Waals surface area contributed by atoms with Crippen molar-refractivity contribution in [3.05, 3.63) is 83.4 Å². The maximum absolute atomic E-state index is 14.0. The molecule has 1 saturated carbocycles. The molecular formula is C32H37NO5S. The molecule has 3 aromatic rings. The third-order valence-corrected chi connectivity index (χ3v) is 10.1. The van der Waals surface area contributed by atoms with E-state index in [1.807, 2.05) is 18.2 Å². The lowest BCUT2D eigenvalue weighted by Crippen LogP contribution is -2.40. The number of rotatable bonds is 8. The minimum absolute atomic E-state index is 0.165. The van der Waals surface area contributed by atoms with E-state index >= 15 is 0 Å². The van der Waals surface area contributed by atoms with E-state index in [1.54, 1.807) is 30.3 Å². The van der Waals surface area contributed by atoms with Crippen molar-refractivity contribution >= 4 is 16.0 Å². The average molecular weight is 548 g/mol. The molecule has 1 N–H and O–H groups in total. The SMILES string of the molecule is CCC(Oc1ccc(S(=O)(=O)N2Cc3cc(-c4ccccc4)ccc3C(C3CCCCC3)C2)cc1C)C(=O)O. The highest BCUT2D eigenvalue weighted by Gasteiger charge is 2.37. The molecule has 7 heteroatoms. The van der Waals surface area contributed by atoms with E-state index in [9.17, 15) is 18.3 Å². The van der Waals surface area contributed by atoms with Crippen molar-refractivity contribution in [3.8, 4) is 16.9 Å². The van der Waals surface area contributed by atoms with Gasteiger partial charge in [-0.2, -0.15) is 4.31 Å². The summed E-state index contributed by atoms with van der Waals surface area (Å²) < 4.78 is 35.3. The number of benzene rings is 3. The van der Waals surface area contributed by atoms with Crippen LogP contribution in [-0.4, -0.2) is 36.4 Å². The van der Waals surface area contributed by atoms with Gasteiger partial charge in [-0.3, -0.25) is 0 Å². The Labute approximate surface area is 231 Å². The van der Waals surface area contributed by atoms with E-state index in [1.165, 1.54) is 30.9 Å². The van der Waals surface area contributed by atoms with Crippen LogP contribution in [0.1, 0.15) is 68.1 Å². The molecule has 2 atom stereocenters. The number of nitrogens with zero attached hydrogens (tertiary/aromatic N) is 1. The summed E-state index contributed by atoms with van der Waals surface area (Å²) >= 11 is 0. The number of carboxylic acids is 1. The normalized spacial score (nSPS) is 19.3. The van der Waals surface area contributed by atoms with Gasteiger partial charge in [-0.15, -0.1) is 0 Å². The highest BCUT2D eigenvalue weighted by atomic mass is 32.2. The maximum atomic E-state index is 14.0. The van der Waals surface area contributed by atoms with Gasteiger partial charge in [0.15, 0.2) is 6.10 Å². The zero-order valence-electron chi connectivity index (χ0n) is 22.7. The number of ether oxygens (including phenoxy) is 1. The molecule has 1 fully saturated rings. The van der Waals surface area contributed by atoms with E-state index in [-0.39, 0.29) is 10.8 Å². The fraction of sp³-hybridized carbons (Fsp3) is 0.406. The molecule has 0 amide bonds. The van der Waals surface area contributed by atoms with Crippen LogP contribution in [0.15, 0.2) is 71.6 Å². The lowest BCUT2D eigenvalue weighted by atomic mass is 9.74. The minimum Gasteiger partial charge on any atom is -0.479 e. The van der Waals surface area contributed by atoms with Crippen LogP contribution >= 0.6 is 0 Å². The molecule has 206 valence electrons. The number of fused-ring (bicyclic) bond motifs is 1. The van der Waals surface area contributed by atoms with Crippen molar-refractivity contribution in [1.82, 2.24) is 4.31 Å². The molecule has 1 heterocycles. The molecule has 5 rings (SSSR count). The second-order valence-electron chi connectivity index (χ2n) is 10.9. The number of sulfonamides is 1. The first-order chi connectivity index (χ1) is 18.8. The summed E-state index contributed by atoms with van der Waals surface area (Å²) in [7, 11) is -3.78. The maximum Gasteiger partial charge on any atom is 0.344 e. The van der Waals surface area contributed by atoms with Gasteiger partial charge in [0, 0.05) is 19.0 Å². The van der Waals surface area contributed by atoms with Crippen molar-refractivity contribution in [1.29, 1.82) is 0 Å². The Kier molecular flexibility index (Phi) is 8.10. The highest BCUT2D eigenvalue weighted by Crippen LogP contribution is 2.43. The van der Waals surface area contributed by atoms with Gasteiger partial charge in [-0.1, -0.05) is 68.7 Å². The summed E-state index contributed by atoms with van der Waals surface area (Å²) in [5.41, 5.74) is 5.17. The van der Waals surface area contributed by atoms with E-state index in [0.29, 0.717) is 36.7 Å². The van der Waals surface area contributed by atoms with E-state index in [4.69, 9.17) is 4.74 Å². The molecule has 3 aromatic carbocycles. The van der Waals surface area contributed by atoms with Gasteiger partial charge in [-0.25, -0.2) is 13.2 Å². The molecule has 39 heavy (non-hydrogen) atoms. The van der Waals surface area contributed by atoms with Crippen molar-refractivity contribution in [3.63, 3.8) is 0 Å². The van der Waals surface area contributed by atoms with E-state index in [0.717, 1.165) is 29.5 Å². The lowest BCUT2D eigenvalue weighted by molar-refractivity contribution is -0.145. The van der Waals surface area contributed by atoms with Gasteiger partial charge in [0.1, 0.15) is 5.75 Å². The number of hydrogen-bond acceptors (Lipinski definition) is 4. The molecule has 0 bridgehead atoms. The quantitative estimate of drug-likeness (QED) is 0.336. The Hall–Kier alpha value is -3.16. The zero-order valence-corrected chi connectivity index (χ0v) is 23.5. The third kappa shape index (κ3) is 5.75. The summed E-state index contributed by atoms with van der Waals surface area (Å²) in [4.78, 5) is 11.6. The Bertz CT molecular complexity index is 1430. The molecule has 0 aromatic heterocycles. The van der Waals surface area contributed by atoms with Gasteiger partial charge >= 0.3 is 5.97 Å². The molecular weight excluding hydrogens is 510 g/mol. The lowest BCUT2D eigenvalue weighted by Gasteiger charge is -2.39. The van der Waals surface area contributed by atoms with Crippen LogP contribution in [0.4, 0.5) is 0 Å². The zero-order chi connectivity index (χ0) is 27.6. The largest absolute Gasteiger partial charge is 0.479 e. The Morgan fingerprint density at radius 1 is 1.00 bits per heavy atom. The van der Waals surface area contributed by atoms with Crippen LogP contribution < -0.4 is 4.74 Å². The smallest absolute Gasteiger partial charge is 0.344 e. The summed E-state index contributed by atoms with van der Waals surface area (Å²) in [6, 6.07) is 21.5. The number of hydrogen-bond donors (Lipinski definition) is 1. The van der Waals surface area contributed by atoms with Crippen LogP contribution in [0.5, 0.6) is 5.75 Å². The van der Waals surface area contributed by atoms with Crippen LogP contribution in [-0.2, 0) is 21.4 Å². The van der Waals surface area contributed by atoms with Gasteiger partial charge in [-0.05, 0) is 84.2 Å². The Morgan fingerprint density at radius 3 is 2.41 bits per heavy atom. The van der Waals surface area contributed by atoms with Crippen molar-refractivity contribution in [2.75, 3.05) is 6.54 Å². The molecule has 1 aliphatic heterocycles. The highest BCUT2D eigenvalue weighted by molar-refractivity contribution is 7.89. The predicted octanol–water partition coefficient (Wildman–Crippen LogP) is 6.77. The second-order valence-corrected chi connectivity index (χ2v) is 12.8. The van der Waals surface area contributed by atoms with Crippen LogP contribution in [0.3, 0.4) is 0 Å². The fourth-order valence-electron chi connectivity index (χ4n) is 6.13. The Balaban J connectivity index is 1.48. The first-order valence-electron chi connectivity index (χ1n) is 14.0. The number of carbonyl (C=O) groups is 1. The van der Waals surface area contributed by atoms with Crippen LogP contribution in [0.2, 0.25) is 0 Å². The second kappa shape index (κ2) is 11.5. The van der Waals surface area contributed by atoms with E-state index < -0.39 is 22.1 Å². The predicted molar refractivity (Wildman–Crippen MR) is 152 cm³/mol. The summed E-state index contributed by atoms with van der Waals surface area (Å²) in [5, 5.41) is 9.36. The molecule has 0 radical (unpaired) electrons. The number of aryl methyl sites for hydroxylation is 1. The first-order valence-corrected chi connectivity index (χ1v) is 15.4. The summed E-state index contributed by atoms with van der Waals surface area (Å²) in [5.74, 6) is -0.0141. The summed E-state index contributed by atoms with van der Waals surface area (Å²) in [6.07, 6.45) is 5.24. The monoisotopic (exact) mass is 547 g/mol. The Morgan fingerprint density at radius 2 is 1.74 bits per heavy atom. The molecule has 2 aliphatic rings. The average Bonchev–Trinajstić information content (AvgIpc) is 2.96. The standard InChI is InChI=1S/C32H37NO5S/c1-3-30(32(34)35)38-31-17-15-27(18-22(31)2)39(36,37)33-20-26-19-25(23-10-6-4-7-11-23)14-16-28(26)29(21-33)24-12-8-5-9-13-24/h4,6-7,10-11,14-19,24,29-30H,3,5,8-9,12-13,20-21H2,1-2H3,(H,34,35). The van der Waals surface area contributed by atoms with Crippen molar-refractivity contribution < 1.29 is 23.1 Å². The van der Waals surface area contributed by atoms with E-state index in [2.05, 4.69) is 30.3 Å². The summed E-state index contributed by atoms with van der Waals surface area (Å²) in [6.45, 7) is 4.30. The molecule has 0 spiro atoms. The molecule has 6 nitrogen and oxygen atoms in total. The van der Waals surface area contributed by atoms with Gasteiger partial charge in [0.2, 0.25) is 10.0 Å². The van der Waals surface area contributed by atoms with Crippen molar-refractivity contribution in [2.24, 2.45) is 5.92 Å². The molecule has 1 aliphatic carbocycles. The first kappa shape index (κ1) is 27.4. The van der Waals surface area contributed by atoms with Crippen LogP contribution in [0.25, 0.3) is 11.1 Å². The minimum atomic E-state index is -3.78. The van der Waals surface area contributed by atoms with Gasteiger partial charge in [0.05, 0.1) is 4.90 Å². The number of aliphatic carboxylic acids is 1. The van der Waals surface area contributed by atoms with Gasteiger partial charge in [0.25, 0.3) is 0 Å². The van der Waals surface area contributed by atoms with Crippen LogP contribution in [0, 0.1) is 12.8 Å². The third-order valence-electron chi connectivity index (χ3n) is 8.32. The fourth-order valence-corrected chi connectivity index (χ4v) is 7.66. The van der Waals surface area contributed by atoms with Crippen molar-refractivity contribution in [2.45, 2.75) is 75.8 Å². The molecule has 2 unspecified atom stereocenters. The van der Waals surface area contributed by atoms with Gasteiger partial charge < -0.3 is 9.84 Å². The molecule has 0 saturated heterocycles. The number of carboxylic acid groups (broad SMARTS) is 1. The topological polar surface area (TPSA) is 83.9 Å².